The predicted molar refractivity (Wildman–Crippen MR) is 145 cm³/mol. The molecule has 2 aliphatic heterocycles. The zero-order valence-corrected chi connectivity index (χ0v) is 25.7. The zero-order valence-electron chi connectivity index (χ0n) is 23.0. The molecule has 1 fully saturated rings. The van der Waals surface area contributed by atoms with Gasteiger partial charge in [-0.2, -0.15) is 21.8 Å². The number of carbonyl (C=O) groups is 1. The molecule has 2 unspecified atom stereocenters. The van der Waals surface area contributed by atoms with E-state index in [1.807, 2.05) is 4.98 Å². The first-order valence-corrected chi connectivity index (χ1v) is 17.2. The molecule has 1 amide bonds. The van der Waals surface area contributed by atoms with Gasteiger partial charge in [0.25, 0.3) is 11.5 Å². The molecule has 5 atom stereocenters. The van der Waals surface area contributed by atoms with Gasteiger partial charge in [-0.15, -0.1) is 10.2 Å². The number of ether oxygens (including phenoxy) is 1. The van der Waals surface area contributed by atoms with E-state index >= 15 is 0 Å². The van der Waals surface area contributed by atoms with Crippen molar-refractivity contribution >= 4 is 29.4 Å². The number of benzene rings is 1. The number of aliphatic hydroxyl groups is 1. The second kappa shape index (κ2) is 13.4. The van der Waals surface area contributed by atoms with Crippen molar-refractivity contribution in [3.8, 4) is 0 Å². The van der Waals surface area contributed by atoms with E-state index in [4.69, 9.17) is 14.5 Å². The first-order chi connectivity index (χ1) is 21.6. The molecular weight excluding hydrogens is 712 g/mol. The van der Waals surface area contributed by atoms with E-state index in [2.05, 4.69) is 28.7 Å². The highest BCUT2D eigenvalue weighted by Crippen LogP contribution is 2.66. The quantitative estimate of drug-likeness (QED) is 0.142. The monoisotopic (exact) mass is 735 g/mol. The molecule has 7 N–H and O–H groups in total. The van der Waals surface area contributed by atoms with E-state index in [-0.39, 0.29) is 29.5 Å². The van der Waals surface area contributed by atoms with Gasteiger partial charge in [-0.05, 0) is 18.6 Å². The minimum absolute atomic E-state index is 0.00204. The summed E-state index contributed by atoms with van der Waals surface area (Å²) in [5.41, 5.74) is -4.75. The Morgan fingerprint density at radius 3 is 2.32 bits per heavy atom. The molecule has 258 valence electrons. The predicted octanol–water partition coefficient (Wildman–Crippen LogP) is 1.20. The zero-order chi connectivity index (χ0) is 35.0. The molecule has 2 aliphatic rings. The van der Waals surface area contributed by atoms with Gasteiger partial charge in [-0.3, -0.25) is 23.7 Å². The van der Waals surface area contributed by atoms with Crippen LogP contribution in [-0.2, 0) is 43.7 Å². The Hall–Kier alpha value is -3.17. The summed E-state index contributed by atoms with van der Waals surface area (Å²) in [5.74, 6) is -0.701. The molecule has 26 heteroatoms. The van der Waals surface area contributed by atoms with E-state index in [9.17, 15) is 56.1 Å². The lowest BCUT2D eigenvalue weighted by molar-refractivity contribution is -0.166. The average molecular weight is 735 g/mol. The van der Waals surface area contributed by atoms with Crippen LogP contribution in [0.25, 0.3) is 0 Å². The van der Waals surface area contributed by atoms with Gasteiger partial charge in [0.05, 0.1) is 12.7 Å². The number of nitrogens with zero attached hydrogens (tertiary/aromatic N) is 3. The van der Waals surface area contributed by atoms with Crippen molar-refractivity contribution < 1.29 is 74.2 Å². The van der Waals surface area contributed by atoms with Crippen LogP contribution in [0.2, 0.25) is 0 Å². The van der Waals surface area contributed by atoms with Gasteiger partial charge in [0.15, 0.2) is 0 Å². The van der Waals surface area contributed by atoms with Crippen LogP contribution in [0.1, 0.15) is 34.1 Å². The van der Waals surface area contributed by atoms with Gasteiger partial charge in [0.1, 0.15) is 12.3 Å². The minimum Gasteiger partial charge on any atom is -0.390 e. The molecule has 47 heavy (non-hydrogen) atoms. The van der Waals surface area contributed by atoms with Crippen LogP contribution in [0.3, 0.4) is 0 Å². The first kappa shape index (κ1) is 36.7. The number of hydrogen-bond acceptors (Lipinski definition) is 13. The molecule has 1 saturated heterocycles. The van der Waals surface area contributed by atoms with Gasteiger partial charge in [-0.25, -0.2) is 18.5 Å². The molecule has 1 aromatic heterocycles. The van der Waals surface area contributed by atoms with Gasteiger partial charge in [0.2, 0.25) is 0 Å². The van der Waals surface area contributed by atoms with E-state index < -0.39 is 77.5 Å². The lowest BCUT2D eigenvalue weighted by atomic mass is 10.0. The van der Waals surface area contributed by atoms with Crippen molar-refractivity contribution in [2.45, 2.75) is 43.1 Å². The number of halogens is 3. The van der Waals surface area contributed by atoms with Crippen LogP contribution in [0, 0.1) is 0 Å². The van der Waals surface area contributed by atoms with Crippen molar-refractivity contribution in [1.82, 2.24) is 14.9 Å². The summed E-state index contributed by atoms with van der Waals surface area (Å²) >= 11 is 0. The normalized spacial score (nSPS) is 23.4. The molecular formula is C21H23F3N5O15P3. The largest absolute Gasteiger partial charge is 0.490 e. The van der Waals surface area contributed by atoms with Crippen molar-refractivity contribution in [1.29, 1.82) is 0 Å². The number of H-pyrrole nitrogens is 1. The van der Waals surface area contributed by atoms with Crippen LogP contribution in [0.15, 0.2) is 62.6 Å². The van der Waals surface area contributed by atoms with Gasteiger partial charge in [-0.1, -0.05) is 18.2 Å². The SMILES string of the molecule is O=C(N/C=C/Cc1cn([C@H]2C[C@H](O)[C@@H](COP(=O)(O)OP(=O)(O)OP(=O)(O)O)O2)c(=O)[nH]c1=O)c1ccc(C2(C(F)(F)F)N=N2)cc1. The Morgan fingerprint density at radius 2 is 1.74 bits per heavy atom. The molecule has 0 radical (unpaired) electrons. The summed E-state index contributed by atoms with van der Waals surface area (Å²) in [7, 11) is -16.9. The third-order valence-corrected chi connectivity index (χ3v) is 10.1. The Morgan fingerprint density at radius 1 is 1.11 bits per heavy atom. The van der Waals surface area contributed by atoms with Crippen LogP contribution in [0.4, 0.5) is 13.2 Å². The molecule has 20 nitrogen and oxygen atoms in total. The summed E-state index contributed by atoms with van der Waals surface area (Å²) < 4.78 is 91.4. The third kappa shape index (κ3) is 9.26. The molecule has 1 aromatic carbocycles. The number of allylic oxidation sites excluding steroid dienone is 1. The summed E-state index contributed by atoms with van der Waals surface area (Å²) in [6.07, 6.45) is -5.91. The molecule has 2 aromatic rings. The number of aromatic amines is 1. The Bertz CT molecular complexity index is 1840. The molecule has 0 aliphatic carbocycles. The fourth-order valence-electron chi connectivity index (χ4n) is 4.09. The van der Waals surface area contributed by atoms with Crippen LogP contribution >= 0.6 is 23.5 Å². The van der Waals surface area contributed by atoms with Gasteiger partial charge in [0, 0.05) is 35.5 Å². The fourth-order valence-corrected chi connectivity index (χ4v) is 7.12. The number of aliphatic hydroxyl groups excluding tert-OH is 1. The molecule has 4 rings (SSSR count). The summed E-state index contributed by atoms with van der Waals surface area (Å²) in [4.78, 5) is 75.1. The minimum atomic E-state index is -5.79. The van der Waals surface area contributed by atoms with Crippen LogP contribution < -0.4 is 16.6 Å². The maximum atomic E-state index is 13.1. The average Bonchev–Trinajstić information content (AvgIpc) is 3.67. The van der Waals surface area contributed by atoms with Crippen molar-refractivity contribution in [2.75, 3.05) is 6.61 Å². The van der Waals surface area contributed by atoms with Crippen LogP contribution in [-0.4, -0.2) is 65.1 Å². The number of amides is 1. The lowest BCUT2D eigenvalue weighted by Crippen LogP contribution is -2.34. The smallest absolute Gasteiger partial charge is 0.390 e. The molecule has 0 saturated carbocycles. The highest BCUT2D eigenvalue weighted by molar-refractivity contribution is 7.66. The van der Waals surface area contributed by atoms with E-state index in [1.54, 1.807) is 0 Å². The highest BCUT2D eigenvalue weighted by atomic mass is 31.3. The maximum Gasteiger partial charge on any atom is 0.490 e. The second-order valence-corrected chi connectivity index (χ2v) is 14.1. The molecule has 0 bridgehead atoms. The number of phosphoric acid groups is 3. The molecule has 3 heterocycles. The third-order valence-electron chi connectivity index (χ3n) is 6.29. The van der Waals surface area contributed by atoms with E-state index in [0.717, 1.165) is 41.2 Å². The summed E-state index contributed by atoms with van der Waals surface area (Å²) in [6.45, 7) is -0.995. The summed E-state index contributed by atoms with van der Waals surface area (Å²) in [5, 5.41) is 18.8. The van der Waals surface area contributed by atoms with Crippen LogP contribution in [0.5, 0.6) is 0 Å². The second-order valence-electron chi connectivity index (χ2n) is 9.67. The number of alkyl halides is 3. The topological polar surface area (TPSA) is 298 Å². The maximum absolute atomic E-state index is 13.1. The first-order valence-electron chi connectivity index (χ1n) is 12.6. The van der Waals surface area contributed by atoms with E-state index in [0.29, 0.717) is 0 Å². The molecule has 0 spiro atoms. The van der Waals surface area contributed by atoms with Crippen molar-refractivity contribution in [3.05, 3.63) is 80.3 Å². The number of nitrogens with one attached hydrogen (secondary N) is 2. The Balaban J connectivity index is 1.34. The Kier molecular flexibility index (Phi) is 10.4. The fraction of sp³-hybridized carbons (Fsp3) is 0.381. The van der Waals surface area contributed by atoms with Crippen molar-refractivity contribution in [2.24, 2.45) is 10.2 Å². The number of aromatic nitrogens is 2. The number of carbonyl (C=O) groups excluding carboxylic acids is 1. The number of rotatable bonds is 13. The lowest BCUT2D eigenvalue weighted by Gasteiger charge is -2.19. The standard InChI is InChI=1S/C21H23F3N5O15P3/c22-21(23,24)20(27-28-20)13-5-3-11(4-6-13)17(31)25-7-1-2-12-9-29(19(33)26-18(12)32)16-8-14(30)15(42-16)10-41-46(37,38)44-47(39,40)43-45(34,35)36/h1,3-7,9,14-16,30H,2,8,10H2,(H,25,31)(H,37,38)(H,39,40)(H,26,32,33)(H2,34,35,36)/b7-1+/t14-,15+,16+/m0/s1. The van der Waals surface area contributed by atoms with E-state index in [1.165, 1.54) is 6.08 Å². The van der Waals surface area contributed by atoms with Crippen molar-refractivity contribution in [3.63, 3.8) is 0 Å². The number of hydrogen-bond donors (Lipinski definition) is 7. The summed E-state index contributed by atoms with van der Waals surface area (Å²) in [6, 6.07) is 4.40. The van der Waals surface area contributed by atoms with Gasteiger partial charge >= 0.3 is 41.0 Å². The van der Waals surface area contributed by atoms with Gasteiger partial charge < -0.3 is 34.7 Å². The number of phosphoric ester groups is 1. The highest BCUT2D eigenvalue weighted by Gasteiger charge is 2.65. The Labute approximate surface area is 259 Å².